The van der Waals surface area contributed by atoms with Gasteiger partial charge in [-0.15, -0.1) is 0 Å². The lowest BCUT2D eigenvalue weighted by Crippen LogP contribution is -2.11. The van der Waals surface area contributed by atoms with Crippen molar-refractivity contribution >= 4 is 34.7 Å². The van der Waals surface area contributed by atoms with Gasteiger partial charge in [-0.2, -0.15) is 20.5 Å². The molecule has 4 aromatic carbocycles. The monoisotopic (exact) mass is 640 g/mol. The van der Waals surface area contributed by atoms with Crippen LogP contribution in [0.4, 0.5) is 22.7 Å². The molecule has 12 nitrogen and oxygen atoms in total. The Balaban J connectivity index is 1.12. The van der Waals surface area contributed by atoms with Crippen LogP contribution in [-0.2, 0) is 0 Å². The van der Waals surface area contributed by atoms with E-state index in [2.05, 4.69) is 43.6 Å². The molecule has 238 valence electrons. The number of nitrogens with zero attached hydrogens (tertiary/aromatic N) is 6. The molecule has 5 rings (SSSR count). The van der Waals surface area contributed by atoms with Gasteiger partial charge in [0.1, 0.15) is 31.0 Å². The molecule has 0 aliphatic carbocycles. The van der Waals surface area contributed by atoms with Crippen molar-refractivity contribution in [2.45, 2.75) is 0 Å². The topological polar surface area (TPSA) is 146 Å². The number of benzene rings is 4. The molecule has 0 unspecified atom stereocenters. The van der Waals surface area contributed by atoms with Gasteiger partial charge >= 0.3 is 11.9 Å². The standard InChI is InChI=1S/C36H28N6O6/c1-3-21-45-31-17-13-29(14-18-31)41-39-27-9-5-25(6-10-27)35(43)47-33-23-34(38-24-37-33)48-36(44)26-7-11-28(12-8-26)40-42-30-15-19-32(20-16-30)46-22-4-2/h3-20,23-24H,1-2,21-22H2. The summed E-state index contributed by atoms with van der Waals surface area (Å²) in [6.07, 6.45) is 4.45. The summed E-state index contributed by atoms with van der Waals surface area (Å²) in [6.45, 7) is 8.06. The minimum absolute atomic E-state index is 0.0989. The molecule has 5 aromatic rings. The van der Waals surface area contributed by atoms with E-state index in [1.54, 1.807) is 109 Å². The summed E-state index contributed by atoms with van der Waals surface area (Å²) in [7, 11) is 0. The Bertz CT molecular complexity index is 1790. The molecular weight excluding hydrogens is 612 g/mol. The number of rotatable bonds is 14. The Morgan fingerprint density at radius 3 is 1.21 bits per heavy atom. The van der Waals surface area contributed by atoms with Crippen molar-refractivity contribution in [3.63, 3.8) is 0 Å². The fourth-order valence-electron chi connectivity index (χ4n) is 3.83. The molecule has 1 heterocycles. The Kier molecular flexibility index (Phi) is 11.2. The van der Waals surface area contributed by atoms with Gasteiger partial charge in [0.05, 0.1) is 39.9 Å². The second kappa shape index (κ2) is 16.5. The average molecular weight is 641 g/mol. The van der Waals surface area contributed by atoms with Gasteiger partial charge in [0.2, 0.25) is 11.8 Å². The fraction of sp³-hybridized carbons (Fsp3) is 0.0556. The number of esters is 2. The molecule has 0 saturated heterocycles. The van der Waals surface area contributed by atoms with Gasteiger partial charge in [-0.3, -0.25) is 0 Å². The first kappa shape index (κ1) is 32.6. The van der Waals surface area contributed by atoms with E-state index < -0.39 is 11.9 Å². The third-order valence-corrected chi connectivity index (χ3v) is 6.19. The lowest BCUT2D eigenvalue weighted by molar-refractivity contribution is 0.0722. The largest absolute Gasteiger partial charge is 0.490 e. The molecule has 0 fully saturated rings. The van der Waals surface area contributed by atoms with Gasteiger partial charge in [-0.1, -0.05) is 25.3 Å². The summed E-state index contributed by atoms with van der Waals surface area (Å²) in [6, 6.07) is 28.2. The van der Waals surface area contributed by atoms with Crippen LogP contribution in [-0.4, -0.2) is 35.1 Å². The predicted molar refractivity (Wildman–Crippen MR) is 177 cm³/mol. The Morgan fingerprint density at radius 1 is 0.542 bits per heavy atom. The van der Waals surface area contributed by atoms with E-state index in [-0.39, 0.29) is 22.9 Å². The summed E-state index contributed by atoms with van der Waals surface area (Å²) < 4.78 is 21.6. The molecule has 0 radical (unpaired) electrons. The molecule has 12 heteroatoms. The highest BCUT2D eigenvalue weighted by Crippen LogP contribution is 2.24. The molecule has 0 aliphatic rings. The quantitative estimate of drug-likeness (QED) is 0.0664. The normalized spacial score (nSPS) is 10.8. The van der Waals surface area contributed by atoms with Crippen LogP contribution < -0.4 is 18.9 Å². The maximum Gasteiger partial charge on any atom is 0.344 e. The number of ether oxygens (including phenoxy) is 4. The van der Waals surface area contributed by atoms with Crippen molar-refractivity contribution in [3.8, 4) is 23.3 Å². The lowest BCUT2D eigenvalue weighted by Gasteiger charge is -2.06. The average Bonchev–Trinajstić information content (AvgIpc) is 3.12. The van der Waals surface area contributed by atoms with Gasteiger partial charge in [-0.05, 0) is 97.1 Å². The number of hydrogen-bond donors (Lipinski definition) is 0. The molecule has 1 aromatic heterocycles. The molecule has 0 N–H and O–H groups in total. The fourth-order valence-corrected chi connectivity index (χ4v) is 3.83. The zero-order chi connectivity index (χ0) is 33.6. The second-order valence-corrected chi connectivity index (χ2v) is 9.65. The smallest absolute Gasteiger partial charge is 0.344 e. The summed E-state index contributed by atoms with van der Waals surface area (Å²) in [4.78, 5) is 33.3. The minimum Gasteiger partial charge on any atom is -0.490 e. The van der Waals surface area contributed by atoms with E-state index >= 15 is 0 Å². The van der Waals surface area contributed by atoms with E-state index in [1.165, 1.54) is 6.07 Å². The number of carbonyl (C=O) groups is 2. The second-order valence-electron chi connectivity index (χ2n) is 9.65. The van der Waals surface area contributed by atoms with E-state index in [0.717, 1.165) is 6.33 Å². The van der Waals surface area contributed by atoms with Crippen molar-refractivity contribution in [3.05, 3.63) is 146 Å². The predicted octanol–water partition coefficient (Wildman–Crippen LogP) is 8.88. The van der Waals surface area contributed by atoms with E-state index in [9.17, 15) is 9.59 Å². The third-order valence-electron chi connectivity index (χ3n) is 6.19. The summed E-state index contributed by atoms with van der Waals surface area (Å²) in [5.74, 6) is -0.148. The van der Waals surface area contributed by atoms with Crippen molar-refractivity contribution in [1.82, 2.24) is 9.97 Å². The Morgan fingerprint density at radius 2 is 0.875 bits per heavy atom. The highest BCUT2D eigenvalue weighted by molar-refractivity contribution is 5.92. The van der Waals surface area contributed by atoms with Gasteiger partial charge in [-0.25, -0.2) is 19.6 Å². The molecule has 0 amide bonds. The molecule has 0 spiro atoms. The molecular formula is C36H28N6O6. The van der Waals surface area contributed by atoms with E-state index in [0.29, 0.717) is 47.5 Å². The van der Waals surface area contributed by atoms with Crippen LogP contribution in [0.2, 0.25) is 0 Å². The van der Waals surface area contributed by atoms with E-state index in [1.807, 2.05) is 0 Å². The molecule has 0 atom stereocenters. The molecule has 48 heavy (non-hydrogen) atoms. The maximum absolute atomic E-state index is 12.7. The molecule has 0 bridgehead atoms. The highest BCUT2D eigenvalue weighted by Gasteiger charge is 2.14. The number of hydrogen-bond acceptors (Lipinski definition) is 12. The number of carbonyl (C=O) groups excluding carboxylic acids is 2. The van der Waals surface area contributed by atoms with Gasteiger partial charge in [0.15, 0.2) is 0 Å². The zero-order valence-electron chi connectivity index (χ0n) is 25.5. The third kappa shape index (κ3) is 9.59. The highest BCUT2D eigenvalue weighted by atomic mass is 16.6. The Hall–Kier alpha value is -6.82. The van der Waals surface area contributed by atoms with Crippen LogP contribution in [0.3, 0.4) is 0 Å². The minimum atomic E-state index is -0.675. The van der Waals surface area contributed by atoms with E-state index in [4.69, 9.17) is 18.9 Å². The van der Waals surface area contributed by atoms with Crippen LogP contribution >= 0.6 is 0 Å². The Labute approximate surface area is 275 Å². The van der Waals surface area contributed by atoms with Crippen LogP contribution in [0.15, 0.2) is 155 Å². The summed E-state index contributed by atoms with van der Waals surface area (Å²) in [5.41, 5.74) is 2.84. The number of azo groups is 2. The van der Waals surface area contributed by atoms with Crippen LogP contribution in [0.5, 0.6) is 23.3 Å². The zero-order valence-corrected chi connectivity index (χ0v) is 25.5. The number of aromatic nitrogens is 2. The first-order valence-corrected chi connectivity index (χ1v) is 14.5. The summed E-state index contributed by atoms with van der Waals surface area (Å²) >= 11 is 0. The van der Waals surface area contributed by atoms with Crippen molar-refractivity contribution in [1.29, 1.82) is 0 Å². The lowest BCUT2D eigenvalue weighted by atomic mass is 10.2. The van der Waals surface area contributed by atoms with Gasteiger partial charge < -0.3 is 18.9 Å². The first-order valence-electron chi connectivity index (χ1n) is 14.5. The van der Waals surface area contributed by atoms with Crippen molar-refractivity contribution < 1.29 is 28.5 Å². The molecule has 0 saturated carbocycles. The van der Waals surface area contributed by atoms with Crippen LogP contribution in [0, 0.1) is 0 Å². The van der Waals surface area contributed by atoms with Crippen molar-refractivity contribution in [2.75, 3.05) is 13.2 Å². The van der Waals surface area contributed by atoms with Crippen LogP contribution in [0.25, 0.3) is 0 Å². The first-order chi connectivity index (χ1) is 23.5. The van der Waals surface area contributed by atoms with Crippen molar-refractivity contribution in [2.24, 2.45) is 20.5 Å². The van der Waals surface area contributed by atoms with Gasteiger partial charge in [0, 0.05) is 0 Å². The van der Waals surface area contributed by atoms with Crippen LogP contribution in [0.1, 0.15) is 20.7 Å². The SMILES string of the molecule is C=CCOc1ccc(N=Nc2ccc(C(=O)Oc3cc(OC(=O)c4ccc(N=Nc5ccc(OCC=C)cc5)cc4)ncn3)cc2)cc1. The van der Waals surface area contributed by atoms with Gasteiger partial charge in [0.25, 0.3) is 0 Å². The summed E-state index contributed by atoms with van der Waals surface area (Å²) in [5, 5.41) is 16.7. The maximum atomic E-state index is 12.7. The molecule has 0 aliphatic heterocycles.